The molecule has 0 radical (unpaired) electrons. The van der Waals surface area contributed by atoms with Gasteiger partial charge in [0.05, 0.1) is 53.2 Å². The summed E-state index contributed by atoms with van der Waals surface area (Å²) in [5.41, 5.74) is 3.17. The number of ether oxygens (including phenoxy) is 5. The van der Waals surface area contributed by atoms with E-state index in [-0.39, 0.29) is 36.1 Å². The molecule has 0 amide bonds. The van der Waals surface area contributed by atoms with Gasteiger partial charge in [-0.3, -0.25) is 19.5 Å². The first-order valence-corrected chi connectivity index (χ1v) is 17.6. The van der Waals surface area contributed by atoms with Gasteiger partial charge in [0, 0.05) is 17.7 Å². The molecule has 0 aliphatic carbocycles. The van der Waals surface area contributed by atoms with Crippen molar-refractivity contribution in [2.45, 2.75) is 59.8 Å². The van der Waals surface area contributed by atoms with Crippen molar-refractivity contribution in [3.05, 3.63) is 131 Å². The lowest BCUT2D eigenvalue weighted by Crippen LogP contribution is -2.40. The summed E-state index contributed by atoms with van der Waals surface area (Å²) in [6, 6.07) is 14.4. The number of methoxy groups -OCH3 is 1. The molecule has 2 heterocycles. The van der Waals surface area contributed by atoms with Gasteiger partial charge >= 0.3 is 5.97 Å². The van der Waals surface area contributed by atoms with Crippen molar-refractivity contribution >= 4 is 29.1 Å². The molecule has 0 N–H and O–H groups in total. The van der Waals surface area contributed by atoms with E-state index in [4.69, 9.17) is 28.7 Å². The quantitative estimate of drug-likeness (QED) is 0.0605. The molecule has 12 nitrogen and oxygen atoms in total. The van der Waals surface area contributed by atoms with Gasteiger partial charge in [0.15, 0.2) is 27.8 Å². The van der Waals surface area contributed by atoms with E-state index in [1.165, 1.54) is 35.1 Å². The number of esters is 1. The molecule has 0 saturated heterocycles. The zero-order valence-electron chi connectivity index (χ0n) is 30.0. The Morgan fingerprint density at radius 1 is 1.06 bits per heavy atom. The number of carbonyl (C=O) groups excluding carboxylic acids is 1. The highest BCUT2D eigenvalue weighted by Gasteiger charge is 2.34. The van der Waals surface area contributed by atoms with Crippen LogP contribution in [0.25, 0.3) is 6.08 Å². The smallest absolute Gasteiger partial charge is 0.338 e. The van der Waals surface area contributed by atoms with Gasteiger partial charge in [0.2, 0.25) is 0 Å². The molecule has 5 rings (SSSR count). The number of carbonyl (C=O) groups is 1. The third-order valence-corrected chi connectivity index (χ3v) is 9.01. The Bertz CT molecular complexity index is 2200. The molecule has 0 bridgehead atoms. The van der Waals surface area contributed by atoms with Crippen molar-refractivity contribution in [1.29, 1.82) is 0 Å². The molecule has 0 spiro atoms. The maximum Gasteiger partial charge on any atom is 0.338 e. The van der Waals surface area contributed by atoms with Crippen LogP contribution in [0, 0.1) is 10.1 Å². The number of thiazole rings is 1. The van der Waals surface area contributed by atoms with Crippen molar-refractivity contribution in [1.82, 2.24) is 4.57 Å². The number of nitro benzene ring substituents is 1. The second-order valence-electron chi connectivity index (χ2n) is 12.0. The first kappa shape index (κ1) is 37.6. The maximum absolute atomic E-state index is 14.4. The van der Waals surface area contributed by atoms with E-state index in [2.05, 4.69) is 6.58 Å². The molecule has 13 heteroatoms. The molecular formula is C39H41N3O9S. The lowest BCUT2D eigenvalue weighted by atomic mass is 9.95. The van der Waals surface area contributed by atoms with Gasteiger partial charge in [-0.25, -0.2) is 9.79 Å². The van der Waals surface area contributed by atoms with Crippen LogP contribution in [-0.2, 0) is 22.6 Å². The van der Waals surface area contributed by atoms with E-state index in [9.17, 15) is 19.7 Å². The van der Waals surface area contributed by atoms with Crippen LogP contribution in [0.3, 0.4) is 0 Å². The lowest BCUT2D eigenvalue weighted by molar-refractivity contribution is -0.384. The maximum atomic E-state index is 14.4. The highest BCUT2D eigenvalue weighted by molar-refractivity contribution is 7.07. The number of non-ortho nitro benzene ring substituents is 1. The number of hydrogen-bond donors (Lipinski definition) is 0. The van der Waals surface area contributed by atoms with E-state index in [0.29, 0.717) is 62.2 Å². The summed E-state index contributed by atoms with van der Waals surface area (Å²) in [6.07, 6.45) is 3.85. The van der Waals surface area contributed by atoms with Gasteiger partial charge in [0.1, 0.15) is 6.61 Å². The minimum atomic E-state index is -0.843. The number of benzene rings is 3. The second-order valence-corrected chi connectivity index (χ2v) is 13.0. The van der Waals surface area contributed by atoms with Crippen LogP contribution in [0.2, 0.25) is 0 Å². The molecule has 0 unspecified atom stereocenters. The molecule has 1 aromatic heterocycles. The predicted octanol–water partition coefficient (Wildman–Crippen LogP) is 6.21. The predicted molar refractivity (Wildman–Crippen MR) is 198 cm³/mol. The van der Waals surface area contributed by atoms with Gasteiger partial charge in [0.25, 0.3) is 11.2 Å². The number of allylic oxidation sites excluding steroid dienone is 2. The number of fused-ring (bicyclic) bond motifs is 1. The van der Waals surface area contributed by atoms with E-state index >= 15 is 0 Å². The summed E-state index contributed by atoms with van der Waals surface area (Å²) in [6.45, 7) is 13.7. The van der Waals surface area contributed by atoms with Crippen LogP contribution in [0.4, 0.5) is 5.69 Å². The summed E-state index contributed by atoms with van der Waals surface area (Å²) in [4.78, 5) is 43.5. The Morgan fingerprint density at radius 3 is 2.44 bits per heavy atom. The van der Waals surface area contributed by atoms with Gasteiger partial charge in [-0.15, -0.1) is 6.58 Å². The molecule has 4 aromatic rings. The largest absolute Gasteiger partial charge is 0.493 e. The summed E-state index contributed by atoms with van der Waals surface area (Å²) in [5, 5.41) is 11.1. The number of hydrogen-bond acceptors (Lipinski definition) is 11. The molecule has 0 saturated carbocycles. The Morgan fingerprint density at radius 2 is 1.81 bits per heavy atom. The normalized spacial score (nSPS) is 14.1. The Balaban J connectivity index is 1.61. The van der Waals surface area contributed by atoms with Crippen molar-refractivity contribution in [3.8, 4) is 23.0 Å². The number of nitrogens with zero attached hydrogens (tertiary/aromatic N) is 3. The van der Waals surface area contributed by atoms with Crippen LogP contribution in [-0.4, -0.2) is 41.9 Å². The second kappa shape index (κ2) is 16.6. The lowest BCUT2D eigenvalue weighted by Gasteiger charge is -2.25. The third kappa shape index (κ3) is 8.10. The molecule has 1 aliphatic rings. The minimum absolute atomic E-state index is 0.00629. The molecule has 1 atom stereocenters. The molecular weight excluding hydrogens is 687 g/mol. The fraction of sp³-hybridized carbons (Fsp3) is 0.308. The number of aromatic nitrogens is 1. The molecule has 52 heavy (non-hydrogen) atoms. The van der Waals surface area contributed by atoms with Crippen molar-refractivity contribution < 1.29 is 33.4 Å². The third-order valence-electron chi connectivity index (χ3n) is 8.03. The van der Waals surface area contributed by atoms with E-state index < -0.39 is 16.9 Å². The van der Waals surface area contributed by atoms with Crippen LogP contribution in [0.15, 0.2) is 88.3 Å². The Kier molecular flexibility index (Phi) is 12.0. The molecule has 1 aliphatic heterocycles. The summed E-state index contributed by atoms with van der Waals surface area (Å²) >= 11 is 1.21. The standard InChI is InChI=1S/C39H41N3O9S/c1-8-11-28-18-26(19-32(48-9-2)36(28)50-22-25-12-15-29(16-13-25)42(45)46)20-33-37(43)41-35(27-14-17-30(51-23(4)5)31(21-27)47-7)34(38(44)49-10-3)24(6)40-39(41)52-33/h8,12-21,23,35H,1,9-11,22H2,2-7H3/b33-20-/t35-/m0/s1. The zero-order valence-corrected chi connectivity index (χ0v) is 30.8. The van der Waals surface area contributed by atoms with Crippen molar-refractivity contribution in [2.24, 2.45) is 4.99 Å². The monoisotopic (exact) mass is 727 g/mol. The highest BCUT2D eigenvalue weighted by Crippen LogP contribution is 2.37. The van der Waals surface area contributed by atoms with Gasteiger partial charge in [-0.1, -0.05) is 23.5 Å². The van der Waals surface area contributed by atoms with Crippen LogP contribution >= 0.6 is 11.3 Å². The molecule has 0 fully saturated rings. The average molecular weight is 728 g/mol. The Labute approximate surface area is 305 Å². The summed E-state index contributed by atoms with van der Waals surface area (Å²) in [7, 11) is 1.54. The topological polar surface area (TPSA) is 141 Å². The van der Waals surface area contributed by atoms with E-state index in [1.807, 2.05) is 32.9 Å². The minimum Gasteiger partial charge on any atom is -0.493 e. The molecule has 272 valence electrons. The first-order chi connectivity index (χ1) is 25.0. The average Bonchev–Trinajstić information content (AvgIpc) is 3.41. The van der Waals surface area contributed by atoms with E-state index in [0.717, 1.165) is 11.1 Å². The SMILES string of the molecule is C=CCc1cc(/C=c2\sc3n(c2=O)[C@@H](c2ccc(OC(C)C)c(OC)c2)C(C(=O)OCC)=C(C)N=3)cc(OCC)c1OCc1ccc([N+](=O)[O-])cc1. The van der Waals surface area contributed by atoms with Crippen molar-refractivity contribution in [3.63, 3.8) is 0 Å². The van der Waals surface area contributed by atoms with E-state index in [1.54, 1.807) is 56.3 Å². The van der Waals surface area contributed by atoms with Crippen LogP contribution in [0.1, 0.15) is 62.9 Å². The number of nitro groups is 1. The van der Waals surface area contributed by atoms with Crippen LogP contribution in [0.5, 0.6) is 23.0 Å². The highest BCUT2D eigenvalue weighted by atomic mass is 32.1. The number of rotatable bonds is 15. The molecule has 3 aromatic carbocycles. The first-order valence-electron chi connectivity index (χ1n) is 16.8. The Hall–Kier alpha value is -5.69. The zero-order chi connectivity index (χ0) is 37.5. The fourth-order valence-corrected chi connectivity index (χ4v) is 6.88. The fourth-order valence-electron chi connectivity index (χ4n) is 5.83. The van der Waals surface area contributed by atoms with Gasteiger partial charge < -0.3 is 23.7 Å². The van der Waals surface area contributed by atoms with Crippen molar-refractivity contribution in [2.75, 3.05) is 20.3 Å². The summed E-state index contributed by atoms with van der Waals surface area (Å²) in [5.74, 6) is 1.40. The van der Waals surface area contributed by atoms with Gasteiger partial charge in [-0.2, -0.15) is 0 Å². The van der Waals surface area contributed by atoms with Gasteiger partial charge in [-0.05, 0) is 100 Å². The van der Waals surface area contributed by atoms with Crippen LogP contribution < -0.4 is 33.8 Å². The summed E-state index contributed by atoms with van der Waals surface area (Å²) < 4.78 is 31.2.